The highest BCUT2D eigenvalue weighted by molar-refractivity contribution is 5.80. The molecule has 3 heteroatoms. The highest BCUT2D eigenvalue weighted by Gasteiger charge is 2.15. The largest absolute Gasteiger partial charge is 0.481 e. The van der Waals surface area contributed by atoms with Gasteiger partial charge in [0.05, 0.1) is 0 Å². The van der Waals surface area contributed by atoms with Crippen LogP contribution in [0.3, 0.4) is 0 Å². The van der Waals surface area contributed by atoms with Gasteiger partial charge in [-0.3, -0.25) is 4.79 Å². The number of nitrogens with one attached hydrogen (secondary N) is 1. The quantitative estimate of drug-likeness (QED) is 0.809. The topological polar surface area (TPSA) is 38.3 Å². The summed E-state index contributed by atoms with van der Waals surface area (Å²) in [5, 5.41) is 2.96. The molecule has 1 N–H and O–H groups in total. The highest BCUT2D eigenvalue weighted by atomic mass is 16.5. The predicted octanol–water partition coefficient (Wildman–Crippen LogP) is 3.77. The first-order valence-corrected chi connectivity index (χ1v) is 7.84. The lowest BCUT2D eigenvalue weighted by Crippen LogP contribution is -2.37. The molecule has 1 aliphatic rings. The standard InChI is InChI=1S/C18H25NO2/c1-14-8-6-7-11-17(14)21-15(2)18(20)19-13-12-16-9-4-3-5-10-16/h6-9,11,15H,3-5,10,12-13H2,1-2H3,(H,19,20)/t15-/m0/s1. The monoisotopic (exact) mass is 287 g/mol. The van der Waals surface area contributed by atoms with Crippen molar-refractivity contribution in [2.75, 3.05) is 6.54 Å². The SMILES string of the molecule is Cc1ccccc1O[C@@H](C)C(=O)NCCC1=CCCCC1. The van der Waals surface area contributed by atoms with Crippen molar-refractivity contribution in [2.45, 2.75) is 52.1 Å². The lowest BCUT2D eigenvalue weighted by atomic mass is 9.97. The molecule has 1 amide bonds. The van der Waals surface area contributed by atoms with Crippen LogP contribution in [0.4, 0.5) is 0 Å². The van der Waals surface area contributed by atoms with Gasteiger partial charge in [-0.05, 0) is 57.6 Å². The predicted molar refractivity (Wildman–Crippen MR) is 85.4 cm³/mol. The minimum atomic E-state index is -0.466. The summed E-state index contributed by atoms with van der Waals surface area (Å²) in [6.07, 6.45) is 7.78. The molecule has 0 bridgehead atoms. The van der Waals surface area contributed by atoms with Gasteiger partial charge in [0.2, 0.25) is 0 Å². The van der Waals surface area contributed by atoms with Crippen molar-refractivity contribution in [3.8, 4) is 5.75 Å². The molecular weight excluding hydrogens is 262 g/mol. The maximum absolute atomic E-state index is 12.0. The normalized spacial score (nSPS) is 16.0. The average molecular weight is 287 g/mol. The number of rotatable bonds is 6. The molecule has 0 aromatic heterocycles. The van der Waals surface area contributed by atoms with Crippen LogP contribution in [0.1, 0.15) is 44.6 Å². The van der Waals surface area contributed by atoms with E-state index < -0.39 is 6.10 Å². The summed E-state index contributed by atoms with van der Waals surface area (Å²) in [5.41, 5.74) is 2.53. The molecule has 21 heavy (non-hydrogen) atoms. The number of aryl methyl sites for hydroxylation is 1. The van der Waals surface area contributed by atoms with Gasteiger partial charge >= 0.3 is 0 Å². The van der Waals surface area contributed by atoms with Gasteiger partial charge in [0, 0.05) is 6.54 Å². The van der Waals surface area contributed by atoms with Crippen molar-refractivity contribution in [2.24, 2.45) is 0 Å². The van der Waals surface area contributed by atoms with Crippen LogP contribution < -0.4 is 10.1 Å². The summed E-state index contributed by atoms with van der Waals surface area (Å²) in [5.74, 6) is 0.727. The number of hydrogen-bond acceptors (Lipinski definition) is 2. The van der Waals surface area contributed by atoms with Crippen LogP contribution in [0.2, 0.25) is 0 Å². The Balaban J connectivity index is 1.75. The van der Waals surface area contributed by atoms with Crippen molar-refractivity contribution in [3.05, 3.63) is 41.5 Å². The third-order valence-corrected chi connectivity index (χ3v) is 3.90. The fourth-order valence-electron chi connectivity index (χ4n) is 2.55. The van der Waals surface area contributed by atoms with Crippen LogP contribution in [0.15, 0.2) is 35.9 Å². The Morgan fingerprint density at radius 3 is 2.86 bits per heavy atom. The van der Waals surface area contributed by atoms with Crippen LogP contribution in [0.25, 0.3) is 0 Å². The fraction of sp³-hybridized carbons (Fsp3) is 0.500. The minimum Gasteiger partial charge on any atom is -0.481 e. The summed E-state index contributed by atoms with van der Waals surface area (Å²) in [7, 11) is 0. The maximum atomic E-state index is 12.0. The van der Waals surface area contributed by atoms with Crippen LogP contribution in [-0.2, 0) is 4.79 Å². The molecule has 1 aromatic carbocycles. The van der Waals surface area contributed by atoms with Crippen molar-refractivity contribution in [1.29, 1.82) is 0 Å². The number of amides is 1. The van der Waals surface area contributed by atoms with Gasteiger partial charge in [0.15, 0.2) is 6.10 Å². The molecule has 0 unspecified atom stereocenters. The molecule has 0 fully saturated rings. The van der Waals surface area contributed by atoms with E-state index in [1.807, 2.05) is 31.2 Å². The molecule has 0 radical (unpaired) electrons. The molecule has 1 aromatic rings. The van der Waals surface area contributed by atoms with Gasteiger partial charge in [0.1, 0.15) is 5.75 Å². The second kappa shape index (κ2) is 7.87. The van der Waals surface area contributed by atoms with E-state index in [-0.39, 0.29) is 5.91 Å². The van der Waals surface area contributed by atoms with Gasteiger partial charge in [0.25, 0.3) is 5.91 Å². The fourth-order valence-corrected chi connectivity index (χ4v) is 2.55. The zero-order valence-corrected chi connectivity index (χ0v) is 13.0. The molecular formula is C18H25NO2. The van der Waals surface area contributed by atoms with Gasteiger partial charge in [-0.15, -0.1) is 0 Å². The zero-order valence-electron chi connectivity index (χ0n) is 13.0. The van der Waals surface area contributed by atoms with E-state index in [4.69, 9.17) is 4.74 Å². The Labute approximate surface area is 127 Å². The maximum Gasteiger partial charge on any atom is 0.260 e. The van der Waals surface area contributed by atoms with E-state index in [0.717, 1.165) is 17.7 Å². The number of carbonyl (C=O) groups excluding carboxylic acids is 1. The Morgan fingerprint density at radius 2 is 2.14 bits per heavy atom. The second-order valence-corrected chi connectivity index (χ2v) is 5.67. The molecule has 2 rings (SSSR count). The molecule has 0 aliphatic heterocycles. The van der Waals surface area contributed by atoms with Crippen LogP contribution in [-0.4, -0.2) is 18.6 Å². The second-order valence-electron chi connectivity index (χ2n) is 5.67. The van der Waals surface area contributed by atoms with Crippen LogP contribution in [0, 0.1) is 6.92 Å². The smallest absolute Gasteiger partial charge is 0.260 e. The van der Waals surface area contributed by atoms with Gasteiger partial charge in [-0.2, -0.15) is 0 Å². The van der Waals surface area contributed by atoms with Crippen LogP contribution in [0.5, 0.6) is 5.75 Å². The number of para-hydroxylation sites is 1. The number of carbonyl (C=O) groups is 1. The third kappa shape index (κ3) is 4.92. The van der Waals surface area contributed by atoms with E-state index in [0.29, 0.717) is 6.54 Å². The van der Waals surface area contributed by atoms with Gasteiger partial charge < -0.3 is 10.1 Å². The van der Waals surface area contributed by atoms with E-state index in [1.54, 1.807) is 6.92 Å². The van der Waals surface area contributed by atoms with E-state index in [9.17, 15) is 4.79 Å². The Morgan fingerprint density at radius 1 is 1.33 bits per heavy atom. The number of allylic oxidation sites excluding steroid dienone is 1. The van der Waals surface area contributed by atoms with Crippen molar-refractivity contribution in [1.82, 2.24) is 5.32 Å². The lowest BCUT2D eigenvalue weighted by Gasteiger charge is -2.17. The molecule has 114 valence electrons. The summed E-state index contributed by atoms with van der Waals surface area (Å²) in [6.45, 7) is 4.48. The summed E-state index contributed by atoms with van der Waals surface area (Å²) < 4.78 is 5.72. The first kappa shape index (κ1) is 15.6. The first-order chi connectivity index (χ1) is 10.2. The van der Waals surface area contributed by atoms with Crippen molar-refractivity contribution >= 4 is 5.91 Å². The van der Waals surface area contributed by atoms with E-state index in [1.165, 1.54) is 31.3 Å². The molecule has 0 heterocycles. The number of benzene rings is 1. The summed E-state index contributed by atoms with van der Waals surface area (Å²) >= 11 is 0. The minimum absolute atomic E-state index is 0.0466. The average Bonchev–Trinajstić information content (AvgIpc) is 2.50. The summed E-state index contributed by atoms with van der Waals surface area (Å²) in [6, 6.07) is 7.76. The summed E-state index contributed by atoms with van der Waals surface area (Å²) in [4.78, 5) is 12.0. The molecule has 0 spiro atoms. The van der Waals surface area contributed by atoms with E-state index >= 15 is 0 Å². The highest BCUT2D eigenvalue weighted by Crippen LogP contribution is 2.20. The molecule has 3 nitrogen and oxygen atoms in total. The Bertz CT molecular complexity index is 508. The Hall–Kier alpha value is -1.77. The molecule has 1 atom stereocenters. The van der Waals surface area contributed by atoms with Crippen molar-refractivity contribution < 1.29 is 9.53 Å². The lowest BCUT2D eigenvalue weighted by molar-refractivity contribution is -0.127. The van der Waals surface area contributed by atoms with Crippen LogP contribution >= 0.6 is 0 Å². The Kier molecular flexibility index (Phi) is 5.85. The van der Waals surface area contributed by atoms with E-state index in [2.05, 4.69) is 11.4 Å². The number of ether oxygens (including phenoxy) is 1. The molecule has 1 aliphatic carbocycles. The van der Waals surface area contributed by atoms with Gasteiger partial charge in [-0.25, -0.2) is 0 Å². The van der Waals surface area contributed by atoms with Gasteiger partial charge in [-0.1, -0.05) is 29.8 Å². The number of hydrogen-bond donors (Lipinski definition) is 1. The van der Waals surface area contributed by atoms with Crippen molar-refractivity contribution in [3.63, 3.8) is 0 Å². The molecule has 0 saturated carbocycles. The third-order valence-electron chi connectivity index (χ3n) is 3.90. The first-order valence-electron chi connectivity index (χ1n) is 7.84. The molecule has 0 saturated heterocycles. The zero-order chi connectivity index (χ0) is 15.1.